The fraction of sp³-hybridized carbons (Fsp3) is 0.500. The Morgan fingerprint density at radius 3 is 2.52 bits per heavy atom. The average molecular weight is 432 g/mol. The van der Waals surface area contributed by atoms with E-state index in [-0.39, 0.29) is 0 Å². The lowest BCUT2D eigenvalue weighted by atomic mass is 10.0. The SMILES string of the molecule is Brc1ccc(CN2CCC(Nc3ccnc(N4CCOCC4)n3)CC2)cc1. The van der Waals surface area contributed by atoms with Crippen molar-refractivity contribution in [2.75, 3.05) is 49.6 Å². The molecule has 1 aromatic heterocycles. The van der Waals surface area contributed by atoms with E-state index in [1.54, 1.807) is 0 Å². The van der Waals surface area contributed by atoms with Gasteiger partial charge in [0.05, 0.1) is 13.2 Å². The molecule has 0 saturated carbocycles. The molecule has 2 saturated heterocycles. The molecule has 6 nitrogen and oxygen atoms in total. The standard InChI is InChI=1S/C20H26BrN5O/c21-17-3-1-16(2-4-17)15-25-9-6-18(7-10-25)23-19-5-8-22-20(24-19)26-11-13-27-14-12-26/h1-5,8,18H,6-7,9-15H2,(H,22,23,24). The van der Waals surface area contributed by atoms with E-state index < -0.39 is 0 Å². The third-order valence-electron chi connectivity index (χ3n) is 5.20. The quantitative estimate of drug-likeness (QED) is 0.784. The average Bonchev–Trinajstić information content (AvgIpc) is 2.72. The van der Waals surface area contributed by atoms with Crippen LogP contribution in [0.5, 0.6) is 0 Å². The lowest BCUT2D eigenvalue weighted by Gasteiger charge is -2.33. The third-order valence-corrected chi connectivity index (χ3v) is 5.72. The zero-order valence-corrected chi connectivity index (χ0v) is 17.1. The number of hydrogen-bond donors (Lipinski definition) is 1. The van der Waals surface area contributed by atoms with Gasteiger partial charge in [-0.3, -0.25) is 4.90 Å². The van der Waals surface area contributed by atoms with Crippen molar-refractivity contribution < 1.29 is 4.74 Å². The maximum atomic E-state index is 5.41. The first kappa shape index (κ1) is 18.7. The Hall–Kier alpha value is -1.70. The molecular formula is C20H26BrN5O. The number of likely N-dealkylation sites (tertiary alicyclic amines) is 1. The Bertz CT molecular complexity index is 727. The normalized spacial score (nSPS) is 19.2. The molecule has 0 bridgehead atoms. The van der Waals surface area contributed by atoms with Gasteiger partial charge in [-0.05, 0) is 36.6 Å². The van der Waals surface area contributed by atoms with Crippen molar-refractivity contribution in [1.82, 2.24) is 14.9 Å². The molecule has 27 heavy (non-hydrogen) atoms. The van der Waals surface area contributed by atoms with Gasteiger partial charge >= 0.3 is 0 Å². The van der Waals surface area contributed by atoms with Crippen molar-refractivity contribution in [2.24, 2.45) is 0 Å². The Balaban J connectivity index is 1.28. The highest BCUT2D eigenvalue weighted by Crippen LogP contribution is 2.19. The van der Waals surface area contributed by atoms with Gasteiger partial charge in [-0.15, -0.1) is 0 Å². The van der Waals surface area contributed by atoms with E-state index in [4.69, 9.17) is 9.72 Å². The number of morpholine rings is 1. The fourth-order valence-electron chi connectivity index (χ4n) is 3.64. The minimum absolute atomic E-state index is 0.471. The molecule has 2 fully saturated rings. The number of anilines is 2. The van der Waals surface area contributed by atoms with Gasteiger partial charge < -0.3 is 15.0 Å². The number of nitrogens with one attached hydrogen (secondary N) is 1. The van der Waals surface area contributed by atoms with Crippen molar-refractivity contribution in [3.63, 3.8) is 0 Å². The Labute approximate surface area is 169 Å². The molecule has 0 radical (unpaired) electrons. The van der Waals surface area contributed by atoms with Crippen LogP contribution < -0.4 is 10.2 Å². The Morgan fingerprint density at radius 2 is 1.78 bits per heavy atom. The van der Waals surface area contributed by atoms with Crippen LogP contribution in [-0.2, 0) is 11.3 Å². The summed E-state index contributed by atoms with van der Waals surface area (Å²) in [6, 6.07) is 11.1. The van der Waals surface area contributed by atoms with Crippen molar-refractivity contribution in [2.45, 2.75) is 25.4 Å². The second-order valence-electron chi connectivity index (χ2n) is 7.16. The molecule has 0 unspecified atom stereocenters. The van der Waals surface area contributed by atoms with Crippen LogP contribution in [0.1, 0.15) is 18.4 Å². The second-order valence-corrected chi connectivity index (χ2v) is 8.08. The number of rotatable bonds is 5. The smallest absolute Gasteiger partial charge is 0.227 e. The largest absolute Gasteiger partial charge is 0.378 e. The van der Waals surface area contributed by atoms with Crippen LogP contribution in [0.2, 0.25) is 0 Å². The third kappa shape index (κ3) is 5.18. The lowest BCUT2D eigenvalue weighted by Crippen LogP contribution is -2.39. The molecule has 4 rings (SSSR count). The summed E-state index contributed by atoms with van der Waals surface area (Å²) in [5.74, 6) is 1.73. The maximum absolute atomic E-state index is 5.41. The highest BCUT2D eigenvalue weighted by molar-refractivity contribution is 9.10. The molecular weight excluding hydrogens is 406 g/mol. The summed E-state index contributed by atoms with van der Waals surface area (Å²) >= 11 is 3.50. The van der Waals surface area contributed by atoms with Crippen LogP contribution in [0.25, 0.3) is 0 Å². The highest BCUT2D eigenvalue weighted by Gasteiger charge is 2.20. The molecule has 2 aliphatic rings. The molecule has 3 heterocycles. The predicted octanol–water partition coefficient (Wildman–Crippen LogP) is 3.15. The first-order valence-electron chi connectivity index (χ1n) is 9.65. The zero-order chi connectivity index (χ0) is 18.5. The lowest BCUT2D eigenvalue weighted by molar-refractivity contribution is 0.122. The Morgan fingerprint density at radius 1 is 1.04 bits per heavy atom. The molecule has 0 spiro atoms. The van der Waals surface area contributed by atoms with Gasteiger partial charge in [0.2, 0.25) is 5.95 Å². The van der Waals surface area contributed by atoms with E-state index in [1.807, 2.05) is 12.3 Å². The van der Waals surface area contributed by atoms with Crippen molar-refractivity contribution in [1.29, 1.82) is 0 Å². The predicted molar refractivity (Wildman–Crippen MR) is 111 cm³/mol. The van der Waals surface area contributed by atoms with E-state index in [2.05, 4.69) is 60.3 Å². The summed E-state index contributed by atoms with van der Waals surface area (Å²) in [4.78, 5) is 13.9. The van der Waals surface area contributed by atoms with Crippen molar-refractivity contribution in [3.05, 3.63) is 46.6 Å². The minimum Gasteiger partial charge on any atom is -0.378 e. The first-order valence-corrected chi connectivity index (χ1v) is 10.4. The molecule has 2 aromatic rings. The van der Waals surface area contributed by atoms with E-state index in [1.165, 1.54) is 5.56 Å². The van der Waals surface area contributed by atoms with Crippen LogP contribution in [0.4, 0.5) is 11.8 Å². The number of halogens is 1. The summed E-state index contributed by atoms with van der Waals surface area (Å²) < 4.78 is 6.55. The number of hydrogen-bond acceptors (Lipinski definition) is 6. The molecule has 144 valence electrons. The van der Waals surface area contributed by atoms with E-state index in [0.717, 1.165) is 75.0 Å². The van der Waals surface area contributed by atoms with Gasteiger partial charge in [0.25, 0.3) is 0 Å². The monoisotopic (exact) mass is 431 g/mol. The van der Waals surface area contributed by atoms with Gasteiger partial charge in [0.1, 0.15) is 5.82 Å². The number of benzene rings is 1. The number of nitrogens with zero attached hydrogens (tertiary/aromatic N) is 4. The van der Waals surface area contributed by atoms with Gasteiger partial charge in [-0.2, -0.15) is 4.98 Å². The summed E-state index contributed by atoms with van der Waals surface area (Å²) in [7, 11) is 0. The highest BCUT2D eigenvalue weighted by atomic mass is 79.9. The van der Waals surface area contributed by atoms with Crippen LogP contribution in [-0.4, -0.2) is 60.3 Å². The van der Waals surface area contributed by atoms with Gasteiger partial charge in [-0.1, -0.05) is 28.1 Å². The summed E-state index contributed by atoms with van der Waals surface area (Å²) in [5.41, 5.74) is 1.37. The summed E-state index contributed by atoms with van der Waals surface area (Å²) in [6.45, 7) is 6.45. The maximum Gasteiger partial charge on any atom is 0.227 e. The Kier molecular flexibility index (Phi) is 6.21. The molecule has 1 N–H and O–H groups in total. The van der Waals surface area contributed by atoms with E-state index >= 15 is 0 Å². The van der Waals surface area contributed by atoms with Gasteiger partial charge in [-0.25, -0.2) is 4.98 Å². The summed E-state index contributed by atoms with van der Waals surface area (Å²) in [6.07, 6.45) is 4.11. The number of aromatic nitrogens is 2. The molecule has 0 aliphatic carbocycles. The van der Waals surface area contributed by atoms with Gasteiger partial charge in [0.15, 0.2) is 0 Å². The number of ether oxygens (including phenoxy) is 1. The van der Waals surface area contributed by atoms with E-state index in [0.29, 0.717) is 6.04 Å². The number of piperidine rings is 1. The van der Waals surface area contributed by atoms with Crippen molar-refractivity contribution >= 4 is 27.7 Å². The van der Waals surface area contributed by atoms with E-state index in [9.17, 15) is 0 Å². The second kappa shape index (κ2) is 8.99. The van der Waals surface area contributed by atoms with Crippen LogP contribution in [0.15, 0.2) is 41.0 Å². The van der Waals surface area contributed by atoms with Crippen LogP contribution >= 0.6 is 15.9 Å². The molecule has 7 heteroatoms. The minimum atomic E-state index is 0.471. The molecule has 1 aromatic carbocycles. The fourth-order valence-corrected chi connectivity index (χ4v) is 3.90. The topological polar surface area (TPSA) is 53.5 Å². The first-order chi connectivity index (χ1) is 13.3. The van der Waals surface area contributed by atoms with Crippen molar-refractivity contribution in [3.8, 4) is 0 Å². The zero-order valence-electron chi connectivity index (χ0n) is 15.5. The molecule has 0 amide bonds. The van der Waals surface area contributed by atoms with Crippen LogP contribution in [0, 0.1) is 0 Å². The molecule has 0 atom stereocenters. The van der Waals surface area contributed by atoms with Crippen LogP contribution in [0.3, 0.4) is 0 Å². The van der Waals surface area contributed by atoms with Gasteiger partial charge in [0, 0.05) is 49.4 Å². The molecule has 2 aliphatic heterocycles. The summed E-state index contributed by atoms with van der Waals surface area (Å²) in [5, 5.41) is 3.61.